The Kier molecular flexibility index (Phi) is 5.11. The first-order valence-corrected chi connectivity index (χ1v) is 8.06. The molecule has 0 aliphatic rings. The fourth-order valence-electron chi connectivity index (χ4n) is 2.41. The normalized spacial score (nSPS) is 11.6. The lowest BCUT2D eigenvalue weighted by molar-refractivity contribution is 0.0996. The van der Waals surface area contributed by atoms with Crippen molar-refractivity contribution in [1.29, 1.82) is 0 Å². The van der Waals surface area contributed by atoms with Gasteiger partial charge in [-0.25, -0.2) is 0 Å². The summed E-state index contributed by atoms with van der Waals surface area (Å²) in [6.07, 6.45) is 1.32. The van der Waals surface area contributed by atoms with Gasteiger partial charge in [0.05, 0.1) is 19.4 Å². The molecule has 0 bridgehead atoms. The third-order valence-electron chi connectivity index (χ3n) is 3.85. The van der Waals surface area contributed by atoms with Gasteiger partial charge in [-0.05, 0) is 36.8 Å². The topological polar surface area (TPSA) is 129 Å². The van der Waals surface area contributed by atoms with E-state index in [1.165, 1.54) is 18.4 Å². The molecule has 9 nitrogen and oxygen atoms in total. The second-order valence-corrected chi connectivity index (χ2v) is 5.68. The second-order valence-electron chi connectivity index (χ2n) is 5.68. The van der Waals surface area contributed by atoms with Crippen molar-refractivity contribution in [1.82, 2.24) is 9.97 Å². The van der Waals surface area contributed by atoms with Gasteiger partial charge in [-0.3, -0.25) is 14.6 Å². The second kappa shape index (κ2) is 7.65. The van der Waals surface area contributed by atoms with Crippen LogP contribution in [0.3, 0.4) is 0 Å². The van der Waals surface area contributed by atoms with Crippen LogP contribution in [0.15, 0.2) is 51.9 Å². The van der Waals surface area contributed by atoms with E-state index in [0.717, 1.165) is 11.3 Å². The molecule has 0 aliphatic heterocycles. The summed E-state index contributed by atoms with van der Waals surface area (Å²) in [5, 5.41) is 15.3. The molecular weight excluding hydrogens is 352 g/mol. The summed E-state index contributed by atoms with van der Waals surface area (Å²) >= 11 is 0. The number of hydrogen-bond donors (Lipinski definition) is 4. The third kappa shape index (κ3) is 4.09. The highest BCUT2D eigenvalue weighted by molar-refractivity contribution is 6.02. The summed E-state index contributed by atoms with van der Waals surface area (Å²) in [7, 11) is 1.58. The quantitative estimate of drug-likeness (QED) is 0.524. The molecule has 0 saturated heterocycles. The maximum Gasteiger partial charge on any atom is 0.291 e. The van der Waals surface area contributed by atoms with Crippen LogP contribution in [0.4, 0.5) is 11.6 Å². The van der Waals surface area contributed by atoms with Crippen LogP contribution in [0, 0.1) is 0 Å². The summed E-state index contributed by atoms with van der Waals surface area (Å²) in [6, 6.07) is 10.1. The Balaban J connectivity index is 1.75. The molecule has 2 heterocycles. The molecule has 2 aromatic heterocycles. The van der Waals surface area contributed by atoms with E-state index in [9.17, 15) is 14.7 Å². The van der Waals surface area contributed by atoms with Gasteiger partial charge in [-0.2, -0.15) is 4.98 Å². The van der Waals surface area contributed by atoms with Gasteiger partial charge < -0.3 is 24.9 Å². The molecule has 140 valence electrons. The molecule has 0 aliphatic carbocycles. The smallest absolute Gasteiger partial charge is 0.291 e. The first-order chi connectivity index (χ1) is 13.0. The minimum Gasteiger partial charge on any atom is -0.497 e. The Labute approximate surface area is 154 Å². The molecule has 4 N–H and O–H groups in total. The van der Waals surface area contributed by atoms with Gasteiger partial charge in [0.25, 0.3) is 11.5 Å². The summed E-state index contributed by atoms with van der Waals surface area (Å²) in [6.45, 7) is 1.87. The average Bonchev–Trinajstić information content (AvgIpc) is 3.19. The van der Waals surface area contributed by atoms with Gasteiger partial charge in [-0.15, -0.1) is 0 Å². The number of hydrogen-bond acceptors (Lipinski definition) is 7. The Bertz CT molecular complexity index is 980. The highest BCUT2D eigenvalue weighted by Gasteiger charge is 2.17. The summed E-state index contributed by atoms with van der Waals surface area (Å²) in [5.74, 6) is -0.481. The highest BCUT2D eigenvalue weighted by Crippen LogP contribution is 2.22. The molecule has 1 amide bonds. The van der Waals surface area contributed by atoms with Crippen LogP contribution in [0.2, 0.25) is 0 Å². The van der Waals surface area contributed by atoms with Crippen molar-refractivity contribution in [2.75, 3.05) is 17.7 Å². The first kappa shape index (κ1) is 18.1. The van der Waals surface area contributed by atoms with E-state index < -0.39 is 17.3 Å². The number of benzene rings is 1. The maximum atomic E-state index is 12.2. The van der Waals surface area contributed by atoms with Gasteiger partial charge in [0.1, 0.15) is 5.75 Å². The van der Waals surface area contributed by atoms with Crippen molar-refractivity contribution in [2.45, 2.75) is 13.0 Å². The number of carbonyl (C=O) groups excluding carboxylic acids is 1. The number of H-pyrrole nitrogens is 1. The lowest BCUT2D eigenvalue weighted by Gasteiger charge is -2.15. The zero-order chi connectivity index (χ0) is 19.4. The number of furan rings is 1. The van der Waals surface area contributed by atoms with Crippen LogP contribution in [0.5, 0.6) is 11.6 Å². The van der Waals surface area contributed by atoms with Crippen molar-refractivity contribution >= 4 is 17.5 Å². The molecule has 9 heteroatoms. The number of aromatic amines is 1. The van der Waals surface area contributed by atoms with Crippen molar-refractivity contribution in [3.63, 3.8) is 0 Å². The van der Waals surface area contributed by atoms with Gasteiger partial charge in [0.15, 0.2) is 11.4 Å². The van der Waals surface area contributed by atoms with Crippen LogP contribution in [0.25, 0.3) is 0 Å². The Hall–Kier alpha value is -3.75. The molecule has 1 unspecified atom stereocenters. The Morgan fingerprint density at radius 3 is 2.63 bits per heavy atom. The van der Waals surface area contributed by atoms with Gasteiger partial charge in [-0.1, -0.05) is 12.1 Å². The van der Waals surface area contributed by atoms with E-state index in [1.54, 1.807) is 7.11 Å². The Morgan fingerprint density at radius 1 is 1.30 bits per heavy atom. The fraction of sp³-hybridized carbons (Fsp3) is 0.167. The van der Waals surface area contributed by atoms with Gasteiger partial charge in [0.2, 0.25) is 11.8 Å². The number of aromatic hydroxyl groups is 1. The predicted octanol–water partition coefficient (Wildman–Crippen LogP) is 2.50. The average molecular weight is 370 g/mol. The number of ether oxygens (including phenoxy) is 1. The molecule has 0 radical (unpaired) electrons. The molecule has 1 atom stereocenters. The van der Waals surface area contributed by atoms with Gasteiger partial charge in [0, 0.05) is 0 Å². The molecule has 0 spiro atoms. The summed E-state index contributed by atoms with van der Waals surface area (Å²) in [4.78, 5) is 30.5. The molecule has 3 rings (SSSR count). The van der Waals surface area contributed by atoms with Gasteiger partial charge >= 0.3 is 0 Å². The zero-order valence-corrected chi connectivity index (χ0v) is 14.6. The van der Waals surface area contributed by atoms with Crippen molar-refractivity contribution in [3.8, 4) is 11.6 Å². The monoisotopic (exact) mass is 370 g/mol. The molecule has 0 saturated carbocycles. The van der Waals surface area contributed by atoms with Crippen LogP contribution < -0.4 is 20.9 Å². The molecule has 3 aromatic rings. The predicted molar refractivity (Wildman–Crippen MR) is 98.2 cm³/mol. The number of aromatic nitrogens is 2. The van der Waals surface area contributed by atoms with Crippen molar-refractivity contribution < 1.29 is 19.1 Å². The number of nitrogens with zero attached hydrogens (tertiary/aromatic N) is 1. The van der Waals surface area contributed by atoms with Crippen LogP contribution in [-0.4, -0.2) is 28.1 Å². The minimum absolute atomic E-state index is 0.00382. The third-order valence-corrected chi connectivity index (χ3v) is 3.85. The molecule has 0 fully saturated rings. The summed E-state index contributed by atoms with van der Waals surface area (Å²) < 4.78 is 10.1. The Morgan fingerprint density at radius 2 is 2.04 bits per heavy atom. The number of carbonyl (C=O) groups is 1. The minimum atomic E-state index is -0.702. The molecule has 27 heavy (non-hydrogen) atoms. The number of methoxy groups -OCH3 is 1. The van der Waals surface area contributed by atoms with E-state index in [4.69, 9.17) is 9.15 Å². The number of amides is 1. The van der Waals surface area contributed by atoms with E-state index in [1.807, 2.05) is 31.2 Å². The van der Waals surface area contributed by atoms with Crippen molar-refractivity contribution in [3.05, 3.63) is 64.3 Å². The lowest BCUT2D eigenvalue weighted by Crippen LogP contribution is -2.22. The van der Waals surface area contributed by atoms with E-state index in [-0.39, 0.29) is 23.4 Å². The maximum absolute atomic E-state index is 12.2. The lowest BCUT2D eigenvalue weighted by atomic mass is 10.1. The fourth-order valence-corrected chi connectivity index (χ4v) is 2.41. The SMILES string of the molecule is COc1ccc(C(C)Nc2nc(O)c(NC(=O)c3ccco3)c(=O)[nH]2)cc1. The number of anilines is 2. The van der Waals surface area contributed by atoms with E-state index in [2.05, 4.69) is 20.6 Å². The van der Waals surface area contributed by atoms with Crippen LogP contribution in [-0.2, 0) is 0 Å². The highest BCUT2D eigenvalue weighted by atomic mass is 16.5. The van der Waals surface area contributed by atoms with Crippen molar-refractivity contribution in [2.24, 2.45) is 0 Å². The number of nitrogens with one attached hydrogen (secondary N) is 3. The van der Waals surface area contributed by atoms with E-state index >= 15 is 0 Å². The zero-order valence-electron chi connectivity index (χ0n) is 14.6. The summed E-state index contributed by atoms with van der Waals surface area (Å²) in [5.41, 5.74) is -0.140. The largest absolute Gasteiger partial charge is 0.497 e. The number of rotatable bonds is 6. The standard InChI is InChI=1S/C18H18N4O5/c1-10(11-5-7-12(26-2)8-6-11)19-18-21-16(24)14(17(25)22-18)20-15(23)13-4-3-9-27-13/h3-10H,1-2H3,(H,20,23)(H3,19,21,22,24,25). The first-order valence-electron chi connectivity index (χ1n) is 8.06. The van der Waals surface area contributed by atoms with Crippen LogP contribution in [0.1, 0.15) is 29.1 Å². The molecule has 1 aromatic carbocycles. The van der Waals surface area contributed by atoms with Crippen LogP contribution >= 0.6 is 0 Å². The molecular formula is C18H18N4O5. The van der Waals surface area contributed by atoms with E-state index in [0.29, 0.717) is 0 Å².